The highest BCUT2D eigenvalue weighted by Crippen LogP contribution is 2.22. The number of carbonyl (C=O) groups excluding carboxylic acids is 2. The summed E-state index contributed by atoms with van der Waals surface area (Å²) in [6.07, 6.45) is 0. The molecular formula is C19H18N4O5. The predicted molar refractivity (Wildman–Crippen MR) is 99.1 cm³/mol. The topological polar surface area (TPSA) is 129 Å². The Morgan fingerprint density at radius 1 is 0.929 bits per heavy atom. The quantitative estimate of drug-likeness (QED) is 0.449. The molecule has 3 rings (SSSR count). The highest BCUT2D eigenvalue weighted by Gasteiger charge is 2.14. The average Bonchev–Trinajstić information content (AvgIpc) is 3.22. The number of carbonyl (C=O) groups is 2. The van der Waals surface area contributed by atoms with Gasteiger partial charge in [0.2, 0.25) is 0 Å². The number of primary amides is 1. The lowest BCUT2D eigenvalue weighted by Crippen LogP contribution is -2.12. The minimum Gasteiger partial charge on any atom is -0.490 e. The maximum Gasteiger partial charge on any atom is 0.337 e. The van der Waals surface area contributed by atoms with Gasteiger partial charge in [-0.15, -0.1) is 0 Å². The van der Waals surface area contributed by atoms with Crippen LogP contribution in [0, 0.1) is 0 Å². The number of nitrogens with zero attached hydrogens (tertiary/aromatic N) is 2. The Labute approximate surface area is 160 Å². The van der Waals surface area contributed by atoms with E-state index in [1.165, 1.54) is 7.11 Å². The maximum absolute atomic E-state index is 11.4. The highest BCUT2D eigenvalue weighted by molar-refractivity contribution is 5.96. The number of rotatable bonds is 8. The number of H-pyrrole nitrogens is 1. The summed E-state index contributed by atoms with van der Waals surface area (Å²) < 4.78 is 15.8. The molecule has 28 heavy (non-hydrogen) atoms. The monoisotopic (exact) mass is 382 g/mol. The molecule has 9 nitrogen and oxygen atoms in total. The molecule has 0 aliphatic rings. The van der Waals surface area contributed by atoms with Gasteiger partial charge >= 0.3 is 5.97 Å². The molecule has 1 heterocycles. The van der Waals surface area contributed by atoms with Crippen LogP contribution in [-0.4, -0.2) is 47.6 Å². The van der Waals surface area contributed by atoms with Crippen LogP contribution in [0.25, 0.3) is 11.3 Å². The first kappa shape index (κ1) is 18.9. The van der Waals surface area contributed by atoms with Crippen molar-refractivity contribution in [3.8, 4) is 22.8 Å². The van der Waals surface area contributed by atoms with Crippen molar-refractivity contribution in [3.05, 3.63) is 59.8 Å². The molecule has 1 aromatic heterocycles. The third kappa shape index (κ3) is 4.44. The van der Waals surface area contributed by atoms with Crippen molar-refractivity contribution in [2.24, 2.45) is 5.73 Å². The normalized spacial score (nSPS) is 10.3. The summed E-state index contributed by atoms with van der Waals surface area (Å²) in [5, 5.41) is 10.1. The molecule has 0 atom stereocenters. The number of ether oxygens (including phenoxy) is 3. The molecule has 0 aliphatic heterocycles. The standard InChI is InChI=1S/C19H18N4O5/c1-26-19(25)13-4-8-15(9-5-13)28-11-10-27-14-6-2-12(3-7-14)16-17(18(20)24)22-23-21-16/h2-9H,10-11H2,1H3,(H2,20,24)(H,21,22,23). The van der Waals surface area contributed by atoms with E-state index < -0.39 is 11.9 Å². The molecule has 0 fully saturated rings. The van der Waals surface area contributed by atoms with Crippen LogP contribution in [0.4, 0.5) is 0 Å². The summed E-state index contributed by atoms with van der Waals surface area (Å²) in [7, 11) is 1.33. The smallest absolute Gasteiger partial charge is 0.337 e. The van der Waals surface area contributed by atoms with Gasteiger partial charge in [-0.2, -0.15) is 15.4 Å². The van der Waals surface area contributed by atoms with Crippen molar-refractivity contribution in [2.45, 2.75) is 0 Å². The number of hydrogen-bond donors (Lipinski definition) is 2. The number of amides is 1. The lowest BCUT2D eigenvalue weighted by molar-refractivity contribution is 0.0600. The average molecular weight is 382 g/mol. The van der Waals surface area contributed by atoms with E-state index in [4.69, 9.17) is 15.2 Å². The molecule has 3 aromatic rings. The third-order valence-electron chi connectivity index (χ3n) is 3.81. The third-order valence-corrected chi connectivity index (χ3v) is 3.81. The molecule has 144 valence electrons. The molecule has 0 aliphatic carbocycles. The highest BCUT2D eigenvalue weighted by atomic mass is 16.5. The second-order valence-electron chi connectivity index (χ2n) is 5.62. The molecule has 0 radical (unpaired) electrons. The summed E-state index contributed by atoms with van der Waals surface area (Å²) in [5.74, 6) is 0.210. The first-order chi connectivity index (χ1) is 13.6. The number of benzene rings is 2. The van der Waals surface area contributed by atoms with Crippen LogP contribution >= 0.6 is 0 Å². The summed E-state index contributed by atoms with van der Waals surface area (Å²) in [6, 6.07) is 13.7. The van der Waals surface area contributed by atoms with Gasteiger partial charge in [0.15, 0.2) is 5.69 Å². The Hall–Kier alpha value is -3.88. The van der Waals surface area contributed by atoms with Crippen LogP contribution in [-0.2, 0) is 4.74 Å². The van der Waals surface area contributed by atoms with Gasteiger partial charge in [-0.1, -0.05) is 0 Å². The van der Waals surface area contributed by atoms with Gasteiger partial charge in [0.05, 0.1) is 12.7 Å². The first-order valence-corrected chi connectivity index (χ1v) is 8.33. The predicted octanol–water partition coefficient (Wildman–Crippen LogP) is 1.81. The zero-order chi connectivity index (χ0) is 19.9. The number of nitrogens with one attached hydrogen (secondary N) is 1. The van der Waals surface area contributed by atoms with Crippen LogP contribution in [0.2, 0.25) is 0 Å². The van der Waals surface area contributed by atoms with E-state index in [9.17, 15) is 9.59 Å². The number of nitrogens with two attached hydrogens (primary N) is 1. The summed E-state index contributed by atoms with van der Waals surface area (Å²) in [4.78, 5) is 22.7. The lowest BCUT2D eigenvalue weighted by atomic mass is 10.1. The van der Waals surface area contributed by atoms with Gasteiger partial charge in [-0.05, 0) is 48.5 Å². The lowest BCUT2D eigenvalue weighted by Gasteiger charge is -2.09. The van der Waals surface area contributed by atoms with Gasteiger partial charge in [0, 0.05) is 5.56 Å². The molecule has 3 N–H and O–H groups in total. The van der Waals surface area contributed by atoms with Gasteiger partial charge in [0.1, 0.15) is 30.4 Å². The summed E-state index contributed by atoms with van der Waals surface area (Å²) >= 11 is 0. The van der Waals surface area contributed by atoms with Crippen molar-refractivity contribution < 1.29 is 23.8 Å². The largest absolute Gasteiger partial charge is 0.490 e. The molecule has 0 spiro atoms. The number of aromatic nitrogens is 3. The van der Waals surface area contributed by atoms with Gasteiger partial charge in [-0.25, -0.2) is 4.79 Å². The van der Waals surface area contributed by atoms with E-state index in [1.807, 2.05) is 0 Å². The van der Waals surface area contributed by atoms with Gasteiger partial charge < -0.3 is 19.9 Å². The molecule has 0 saturated carbocycles. The summed E-state index contributed by atoms with van der Waals surface area (Å²) in [5.41, 5.74) is 6.88. The molecule has 0 unspecified atom stereocenters. The van der Waals surface area contributed by atoms with Crippen LogP contribution in [0.1, 0.15) is 20.8 Å². The second-order valence-corrected chi connectivity index (χ2v) is 5.62. The summed E-state index contributed by atoms with van der Waals surface area (Å²) in [6.45, 7) is 0.656. The van der Waals surface area contributed by atoms with E-state index in [-0.39, 0.29) is 5.69 Å². The van der Waals surface area contributed by atoms with Crippen molar-refractivity contribution in [1.29, 1.82) is 0 Å². The molecule has 2 aromatic carbocycles. The van der Waals surface area contributed by atoms with E-state index in [0.717, 1.165) is 0 Å². The fraction of sp³-hybridized carbons (Fsp3) is 0.158. The van der Waals surface area contributed by atoms with Gasteiger partial charge in [0.25, 0.3) is 5.91 Å². The number of esters is 1. The van der Waals surface area contributed by atoms with Gasteiger partial charge in [-0.3, -0.25) is 4.79 Å². The number of hydrogen-bond acceptors (Lipinski definition) is 7. The zero-order valence-corrected chi connectivity index (χ0v) is 15.0. The molecule has 0 saturated heterocycles. The molecule has 0 bridgehead atoms. The Bertz CT molecular complexity index is 951. The van der Waals surface area contributed by atoms with Crippen molar-refractivity contribution in [2.75, 3.05) is 20.3 Å². The fourth-order valence-electron chi connectivity index (χ4n) is 2.44. The van der Waals surface area contributed by atoms with Crippen molar-refractivity contribution >= 4 is 11.9 Å². The van der Waals surface area contributed by atoms with Crippen molar-refractivity contribution in [3.63, 3.8) is 0 Å². The van der Waals surface area contributed by atoms with Crippen LogP contribution in [0.15, 0.2) is 48.5 Å². The van der Waals surface area contributed by atoms with Crippen LogP contribution < -0.4 is 15.2 Å². The van der Waals surface area contributed by atoms with E-state index in [0.29, 0.717) is 41.5 Å². The SMILES string of the molecule is COC(=O)c1ccc(OCCOc2ccc(-c3n[nH]nc3C(N)=O)cc2)cc1. The van der Waals surface area contributed by atoms with E-state index >= 15 is 0 Å². The number of aromatic amines is 1. The minimum atomic E-state index is -0.652. The molecule has 9 heteroatoms. The van der Waals surface area contributed by atoms with Crippen molar-refractivity contribution in [1.82, 2.24) is 15.4 Å². The Morgan fingerprint density at radius 2 is 1.50 bits per heavy atom. The Morgan fingerprint density at radius 3 is 2.04 bits per heavy atom. The zero-order valence-electron chi connectivity index (χ0n) is 15.0. The van der Waals surface area contributed by atoms with E-state index in [2.05, 4.69) is 20.1 Å². The van der Waals surface area contributed by atoms with Crippen LogP contribution in [0.5, 0.6) is 11.5 Å². The van der Waals surface area contributed by atoms with E-state index in [1.54, 1.807) is 48.5 Å². The van der Waals surface area contributed by atoms with Crippen LogP contribution in [0.3, 0.4) is 0 Å². The first-order valence-electron chi connectivity index (χ1n) is 8.33. The molecule has 1 amide bonds. The number of methoxy groups -OCH3 is 1. The Balaban J connectivity index is 1.49. The Kier molecular flexibility index (Phi) is 5.85. The maximum atomic E-state index is 11.4. The minimum absolute atomic E-state index is 0.0836. The fourth-order valence-corrected chi connectivity index (χ4v) is 2.44. The molecular weight excluding hydrogens is 364 g/mol. The second kappa shape index (κ2) is 8.67.